The lowest BCUT2D eigenvalue weighted by atomic mass is 10.1. The van der Waals surface area contributed by atoms with E-state index >= 15 is 0 Å². The number of ether oxygens (including phenoxy) is 3. The van der Waals surface area contributed by atoms with Gasteiger partial charge in [-0.3, -0.25) is 0 Å². The van der Waals surface area contributed by atoms with Crippen molar-refractivity contribution in [1.29, 1.82) is 0 Å². The van der Waals surface area contributed by atoms with E-state index in [1.54, 1.807) is 0 Å². The van der Waals surface area contributed by atoms with E-state index in [-0.39, 0.29) is 0 Å². The molecule has 6 heteroatoms. The van der Waals surface area contributed by atoms with Gasteiger partial charge in [-0.1, -0.05) is 39.0 Å². The lowest BCUT2D eigenvalue weighted by Crippen LogP contribution is -2.05. The largest absolute Gasteiger partial charge is 0.507 e. The first-order valence-corrected chi connectivity index (χ1v) is 6.06. The summed E-state index contributed by atoms with van der Waals surface area (Å²) in [6.07, 6.45) is 5.35. The van der Waals surface area contributed by atoms with Gasteiger partial charge in [-0.15, -0.1) is 0 Å². The summed E-state index contributed by atoms with van der Waals surface area (Å²) in [7, 11) is 2.42. The summed E-state index contributed by atoms with van der Waals surface area (Å²) in [5, 5.41) is 7.50. The normalized spacial score (nSPS) is 8.83. The standard InChI is InChI=1S/C10H20O3.C2H4O3/c1-3-4-5-6-7-8-9-13-10(11)12-2;1-5-2(3)4/h3-9H2,1-2H3;1H3,(H,3,4). The van der Waals surface area contributed by atoms with Crippen molar-refractivity contribution in [3.63, 3.8) is 0 Å². The summed E-state index contributed by atoms with van der Waals surface area (Å²) < 4.78 is 12.7. The highest BCUT2D eigenvalue weighted by atomic mass is 16.7. The number of rotatable bonds is 7. The molecule has 1 N–H and O–H groups in total. The minimum atomic E-state index is -1.25. The van der Waals surface area contributed by atoms with Crippen molar-refractivity contribution in [2.45, 2.75) is 45.4 Å². The molecule has 0 heterocycles. The Morgan fingerprint density at radius 1 is 0.944 bits per heavy atom. The fraction of sp³-hybridized carbons (Fsp3) is 0.833. The highest BCUT2D eigenvalue weighted by Crippen LogP contribution is 2.04. The second-order valence-corrected chi connectivity index (χ2v) is 3.54. The molecule has 0 atom stereocenters. The lowest BCUT2D eigenvalue weighted by molar-refractivity contribution is 0.0713. The molecular formula is C12H24O6. The van der Waals surface area contributed by atoms with E-state index in [1.807, 2.05) is 0 Å². The third-order valence-corrected chi connectivity index (χ3v) is 2.06. The van der Waals surface area contributed by atoms with Crippen molar-refractivity contribution in [2.24, 2.45) is 0 Å². The van der Waals surface area contributed by atoms with E-state index in [0.717, 1.165) is 20.0 Å². The highest BCUT2D eigenvalue weighted by Gasteiger charge is 1.98. The quantitative estimate of drug-likeness (QED) is 0.560. The molecule has 0 aliphatic heterocycles. The minimum absolute atomic E-state index is 0.485. The second kappa shape index (κ2) is 15.5. The van der Waals surface area contributed by atoms with Crippen LogP contribution in [0, 0.1) is 0 Å². The van der Waals surface area contributed by atoms with Gasteiger partial charge < -0.3 is 19.3 Å². The number of carbonyl (C=O) groups is 2. The van der Waals surface area contributed by atoms with Crippen molar-refractivity contribution in [1.82, 2.24) is 0 Å². The summed E-state index contributed by atoms with van der Waals surface area (Å²) in [6.45, 7) is 2.68. The van der Waals surface area contributed by atoms with E-state index < -0.39 is 12.3 Å². The van der Waals surface area contributed by atoms with Crippen LogP contribution >= 0.6 is 0 Å². The Kier molecular flexibility index (Phi) is 16.3. The predicted molar refractivity (Wildman–Crippen MR) is 66.8 cm³/mol. The van der Waals surface area contributed by atoms with Crippen molar-refractivity contribution in [2.75, 3.05) is 20.8 Å². The first kappa shape index (κ1) is 18.9. The average Bonchev–Trinajstić information content (AvgIpc) is 2.38. The van der Waals surface area contributed by atoms with Crippen LogP contribution in [0.25, 0.3) is 0 Å². The van der Waals surface area contributed by atoms with Gasteiger partial charge >= 0.3 is 12.3 Å². The van der Waals surface area contributed by atoms with Crippen LogP contribution in [-0.2, 0) is 14.2 Å². The molecule has 18 heavy (non-hydrogen) atoms. The van der Waals surface area contributed by atoms with Crippen LogP contribution in [0.1, 0.15) is 45.4 Å². The van der Waals surface area contributed by atoms with Gasteiger partial charge in [0.1, 0.15) is 0 Å². The Bertz CT molecular complexity index is 205. The number of unbranched alkanes of at least 4 members (excludes halogenated alkanes) is 5. The molecule has 0 aromatic carbocycles. The van der Waals surface area contributed by atoms with Crippen molar-refractivity contribution >= 4 is 12.3 Å². The van der Waals surface area contributed by atoms with Gasteiger partial charge in [0, 0.05) is 0 Å². The fourth-order valence-electron chi connectivity index (χ4n) is 1.10. The van der Waals surface area contributed by atoms with Gasteiger partial charge in [-0.2, -0.15) is 0 Å². The molecule has 0 rings (SSSR count). The van der Waals surface area contributed by atoms with Gasteiger partial charge in [-0.05, 0) is 6.42 Å². The maximum atomic E-state index is 10.5. The Hall–Kier alpha value is -1.46. The maximum Gasteiger partial charge on any atom is 0.507 e. The van der Waals surface area contributed by atoms with E-state index in [1.165, 1.54) is 32.8 Å². The van der Waals surface area contributed by atoms with Gasteiger partial charge in [0.2, 0.25) is 0 Å². The Labute approximate surface area is 108 Å². The summed E-state index contributed by atoms with van der Waals surface area (Å²) >= 11 is 0. The molecule has 0 saturated carbocycles. The van der Waals surface area contributed by atoms with E-state index in [4.69, 9.17) is 14.6 Å². The monoisotopic (exact) mass is 264 g/mol. The summed E-state index contributed by atoms with van der Waals surface area (Å²) in [4.78, 5) is 19.6. The molecule has 0 unspecified atom stereocenters. The molecule has 0 amide bonds. The number of hydrogen-bond donors (Lipinski definition) is 1. The fourth-order valence-corrected chi connectivity index (χ4v) is 1.10. The van der Waals surface area contributed by atoms with Gasteiger partial charge in [0.05, 0.1) is 20.8 Å². The van der Waals surface area contributed by atoms with Crippen LogP contribution in [0.4, 0.5) is 9.59 Å². The number of hydrogen-bond acceptors (Lipinski definition) is 5. The number of methoxy groups -OCH3 is 2. The molecule has 6 nitrogen and oxygen atoms in total. The van der Waals surface area contributed by atoms with Gasteiger partial charge in [0.15, 0.2) is 0 Å². The van der Waals surface area contributed by atoms with E-state index in [0.29, 0.717) is 6.61 Å². The average molecular weight is 264 g/mol. The predicted octanol–water partition coefficient (Wildman–Crippen LogP) is 3.44. The van der Waals surface area contributed by atoms with Crippen LogP contribution in [0.3, 0.4) is 0 Å². The zero-order chi connectivity index (χ0) is 14.2. The van der Waals surface area contributed by atoms with Gasteiger partial charge in [0.25, 0.3) is 0 Å². The van der Waals surface area contributed by atoms with Crippen LogP contribution in [-0.4, -0.2) is 38.2 Å². The van der Waals surface area contributed by atoms with Crippen molar-refractivity contribution in [3.8, 4) is 0 Å². The zero-order valence-electron chi connectivity index (χ0n) is 11.4. The molecule has 0 aromatic heterocycles. The molecule has 0 aliphatic carbocycles. The highest BCUT2D eigenvalue weighted by molar-refractivity contribution is 5.59. The third kappa shape index (κ3) is 20.0. The topological polar surface area (TPSA) is 82.1 Å². The molecule has 0 bridgehead atoms. The maximum absolute atomic E-state index is 10.5. The summed E-state index contributed by atoms with van der Waals surface area (Å²) in [5.41, 5.74) is 0. The van der Waals surface area contributed by atoms with Gasteiger partial charge in [-0.25, -0.2) is 9.59 Å². The Balaban J connectivity index is 0. The van der Waals surface area contributed by atoms with Crippen LogP contribution in [0.15, 0.2) is 0 Å². The molecule has 0 saturated heterocycles. The lowest BCUT2D eigenvalue weighted by Gasteiger charge is -2.02. The molecule has 0 aliphatic rings. The van der Waals surface area contributed by atoms with Crippen molar-refractivity contribution in [3.05, 3.63) is 0 Å². The Morgan fingerprint density at radius 3 is 1.89 bits per heavy atom. The van der Waals surface area contributed by atoms with Crippen LogP contribution < -0.4 is 0 Å². The number of carbonyl (C=O) groups excluding carboxylic acids is 1. The van der Waals surface area contributed by atoms with Crippen LogP contribution in [0.2, 0.25) is 0 Å². The number of carboxylic acid groups (broad SMARTS) is 1. The van der Waals surface area contributed by atoms with Crippen LogP contribution in [0.5, 0.6) is 0 Å². The SMILES string of the molecule is CCCCCCCCOC(=O)OC.COC(=O)O. The zero-order valence-corrected chi connectivity index (χ0v) is 11.4. The summed E-state index contributed by atoms with van der Waals surface area (Å²) in [6, 6.07) is 0. The molecule has 0 radical (unpaired) electrons. The first-order valence-electron chi connectivity index (χ1n) is 6.06. The molecule has 0 fully saturated rings. The van der Waals surface area contributed by atoms with Crippen molar-refractivity contribution < 1.29 is 28.9 Å². The van der Waals surface area contributed by atoms with E-state index in [2.05, 4.69) is 16.4 Å². The minimum Gasteiger partial charge on any atom is -0.450 e. The third-order valence-electron chi connectivity index (χ3n) is 2.06. The molecular weight excluding hydrogens is 240 g/mol. The molecule has 108 valence electrons. The second-order valence-electron chi connectivity index (χ2n) is 3.54. The smallest absolute Gasteiger partial charge is 0.450 e. The molecule has 0 spiro atoms. The first-order chi connectivity index (χ1) is 8.58. The summed E-state index contributed by atoms with van der Waals surface area (Å²) in [5.74, 6) is 0. The molecule has 0 aromatic rings. The Morgan fingerprint density at radius 2 is 1.44 bits per heavy atom. The van der Waals surface area contributed by atoms with E-state index in [9.17, 15) is 4.79 Å².